The van der Waals surface area contributed by atoms with Gasteiger partial charge >= 0.3 is 6.09 Å². The lowest BCUT2D eigenvalue weighted by Gasteiger charge is -2.34. The number of phenols is 1. The van der Waals surface area contributed by atoms with Crippen LogP contribution in [0.4, 0.5) is 10.5 Å². The summed E-state index contributed by atoms with van der Waals surface area (Å²) in [4.78, 5) is 41.9. The summed E-state index contributed by atoms with van der Waals surface area (Å²) in [5.74, 6) is -1.07. The van der Waals surface area contributed by atoms with Crippen LogP contribution >= 0.6 is 0 Å². The highest BCUT2D eigenvalue weighted by Crippen LogP contribution is 2.32. The Balaban J connectivity index is 2.56. The molecule has 3 N–H and O–H groups in total. The molecule has 0 aliphatic heterocycles. The van der Waals surface area contributed by atoms with Gasteiger partial charge in [0.15, 0.2) is 0 Å². The summed E-state index contributed by atoms with van der Waals surface area (Å²) in [6.07, 6.45) is 1.10. The molecule has 0 saturated heterocycles. The normalized spacial score (nSPS) is 12.8. The number of hydrogen-bond acceptors (Lipinski definition) is 5. The third-order valence-corrected chi connectivity index (χ3v) is 5.83. The number of phenolic OH excluding ortho intramolecular Hbond substituents is 1. The SMILES string of the molecule is C=CCN(C(=O)C(CC(C)C)NC(=O)OC(C)(C)C)C(C(=O)Nc1c(C)cccc1C)c1ccccc1O. The van der Waals surface area contributed by atoms with Gasteiger partial charge in [0.25, 0.3) is 5.91 Å². The van der Waals surface area contributed by atoms with Crippen LogP contribution in [-0.4, -0.2) is 46.1 Å². The van der Waals surface area contributed by atoms with E-state index in [1.54, 1.807) is 39.0 Å². The average Bonchev–Trinajstić information content (AvgIpc) is 2.80. The number of nitrogens with one attached hydrogen (secondary N) is 2. The number of benzene rings is 2. The zero-order valence-corrected chi connectivity index (χ0v) is 23.5. The molecule has 8 heteroatoms. The topological polar surface area (TPSA) is 108 Å². The molecule has 3 amide bonds. The van der Waals surface area contributed by atoms with Gasteiger partial charge in [-0.3, -0.25) is 9.59 Å². The lowest BCUT2D eigenvalue weighted by atomic mass is 9.98. The molecule has 206 valence electrons. The fourth-order valence-corrected chi connectivity index (χ4v) is 4.18. The number of alkyl carbamates (subject to hydrolysis) is 1. The van der Waals surface area contributed by atoms with E-state index in [4.69, 9.17) is 4.74 Å². The quantitative estimate of drug-likeness (QED) is 0.349. The Hall–Kier alpha value is -3.81. The summed E-state index contributed by atoms with van der Waals surface area (Å²) in [6.45, 7) is 16.6. The number of ether oxygens (including phenoxy) is 1. The Bertz CT molecular complexity index is 1130. The van der Waals surface area contributed by atoms with Crippen molar-refractivity contribution in [2.45, 2.75) is 72.6 Å². The van der Waals surface area contributed by atoms with Crippen molar-refractivity contribution in [1.29, 1.82) is 0 Å². The molecule has 2 aromatic rings. The van der Waals surface area contributed by atoms with Gasteiger partial charge in [-0.15, -0.1) is 6.58 Å². The maximum Gasteiger partial charge on any atom is 0.408 e. The molecule has 0 aliphatic carbocycles. The summed E-state index contributed by atoms with van der Waals surface area (Å²) in [7, 11) is 0. The van der Waals surface area contributed by atoms with Crippen molar-refractivity contribution in [2.75, 3.05) is 11.9 Å². The monoisotopic (exact) mass is 523 g/mol. The Morgan fingerprint density at radius 1 is 1.05 bits per heavy atom. The fraction of sp³-hybridized carbons (Fsp3) is 0.433. The molecule has 0 saturated carbocycles. The highest BCUT2D eigenvalue weighted by molar-refractivity contribution is 6.00. The van der Waals surface area contributed by atoms with E-state index in [0.29, 0.717) is 12.1 Å². The molecule has 2 rings (SSSR count). The molecule has 0 aromatic heterocycles. The Morgan fingerprint density at radius 2 is 1.66 bits per heavy atom. The maximum absolute atomic E-state index is 14.0. The number of aromatic hydroxyl groups is 1. The van der Waals surface area contributed by atoms with Crippen molar-refractivity contribution >= 4 is 23.6 Å². The van der Waals surface area contributed by atoms with Gasteiger partial charge in [-0.25, -0.2) is 4.79 Å². The van der Waals surface area contributed by atoms with E-state index in [-0.39, 0.29) is 23.8 Å². The second-order valence-electron chi connectivity index (χ2n) is 10.8. The Labute approximate surface area is 226 Å². The van der Waals surface area contributed by atoms with E-state index in [2.05, 4.69) is 17.2 Å². The number of anilines is 1. The number of aryl methyl sites for hydroxylation is 2. The van der Waals surface area contributed by atoms with E-state index in [1.165, 1.54) is 17.0 Å². The van der Waals surface area contributed by atoms with Gasteiger partial charge in [0.1, 0.15) is 23.4 Å². The first-order chi connectivity index (χ1) is 17.7. The zero-order chi connectivity index (χ0) is 28.6. The van der Waals surface area contributed by atoms with Crippen molar-refractivity contribution in [2.24, 2.45) is 5.92 Å². The largest absolute Gasteiger partial charge is 0.508 e. The third-order valence-electron chi connectivity index (χ3n) is 5.83. The number of para-hydroxylation sites is 2. The molecular weight excluding hydrogens is 482 g/mol. The molecule has 0 fully saturated rings. The van der Waals surface area contributed by atoms with Gasteiger partial charge in [0, 0.05) is 17.8 Å². The van der Waals surface area contributed by atoms with Crippen LogP contribution in [0.5, 0.6) is 5.75 Å². The standard InChI is InChI=1S/C30H41N3O5/c1-9-17-33(28(36)23(18-19(2)3)31-29(37)38-30(6,7)8)26(22-15-10-11-16-24(22)34)27(35)32-25-20(4)13-12-14-21(25)5/h9-16,19,23,26,34H,1,17-18H2,2-8H3,(H,31,37)(H,32,35). The average molecular weight is 524 g/mol. The Morgan fingerprint density at radius 3 is 2.18 bits per heavy atom. The van der Waals surface area contributed by atoms with Crippen LogP contribution in [0.25, 0.3) is 0 Å². The minimum atomic E-state index is -1.20. The van der Waals surface area contributed by atoms with E-state index in [9.17, 15) is 19.5 Å². The number of amides is 3. The first-order valence-electron chi connectivity index (χ1n) is 12.8. The number of hydrogen-bond donors (Lipinski definition) is 3. The van der Waals surface area contributed by atoms with Crippen LogP contribution in [0.15, 0.2) is 55.1 Å². The number of rotatable bonds is 10. The van der Waals surface area contributed by atoms with Crippen molar-refractivity contribution in [3.63, 3.8) is 0 Å². The summed E-state index contributed by atoms with van der Waals surface area (Å²) in [5.41, 5.74) is 1.86. The summed E-state index contributed by atoms with van der Waals surface area (Å²) in [6, 6.07) is 9.90. The number of carbonyl (C=O) groups is 3. The van der Waals surface area contributed by atoms with Gasteiger partial charge < -0.3 is 25.4 Å². The highest BCUT2D eigenvalue weighted by atomic mass is 16.6. The molecule has 2 atom stereocenters. The summed E-state index contributed by atoms with van der Waals surface area (Å²) < 4.78 is 5.40. The molecule has 38 heavy (non-hydrogen) atoms. The van der Waals surface area contributed by atoms with Crippen LogP contribution in [-0.2, 0) is 14.3 Å². The second-order valence-corrected chi connectivity index (χ2v) is 10.8. The minimum absolute atomic E-state index is 0.00258. The van der Waals surface area contributed by atoms with Gasteiger partial charge in [-0.2, -0.15) is 0 Å². The van der Waals surface area contributed by atoms with E-state index in [0.717, 1.165) is 11.1 Å². The first kappa shape index (κ1) is 30.4. The van der Waals surface area contributed by atoms with Gasteiger partial charge in [0.2, 0.25) is 5.91 Å². The van der Waals surface area contributed by atoms with Gasteiger partial charge in [-0.05, 0) is 64.2 Å². The molecular formula is C30H41N3O5. The first-order valence-corrected chi connectivity index (χ1v) is 12.8. The lowest BCUT2D eigenvalue weighted by molar-refractivity contribution is -0.140. The van der Waals surface area contributed by atoms with Crippen molar-refractivity contribution in [3.8, 4) is 5.75 Å². The molecule has 8 nitrogen and oxygen atoms in total. The third kappa shape index (κ3) is 8.36. The predicted molar refractivity (Wildman–Crippen MR) is 150 cm³/mol. The van der Waals surface area contributed by atoms with Crippen LogP contribution in [0, 0.1) is 19.8 Å². The molecule has 0 bridgehead atoms. The molecule has 0 aliphatic rings. The molecule has 0 radical (unpaired) electrons. The number of carbonyl (C=O) groups excluding carboxylic acids is 3. The Kier molecular flexibility index (Phi) is 10.5. The van der Waals surface area contributed by atoms with E-state index in [1.807, 2.05) is 45.9 Å². The zero-order valence-electron chi connectivity index (χ0n) is 23.5. The minimum Gasteiger partial charge on any atom is -0.508 e. The van der Waals surface area contributed by atoms with Gasteiger partial charge in [-0.1, -0.05) is 56.3 Å². The summed E-state index contributed by atoms with van der Waals surface area (Å²) in [5, 5.41) is 16.4. The van der Waals surface area contributed by atoms with Crippen molar-refractivity contribution in [1.82, 2.24) is 10.2 Å². The van der Waals surface area contributed by atoms with Crippen LogP contribution in [0.3, 0.4) is 0 Å². The lowest BCUT2D eigenvalue weighted by Crippen LogP contribution is -2.52. The second kappa shape index (κ2) is 13.1. The predicted octanol–water partition coefficient (Wildman–Crippen LogP) is 5.64. The molecule has 2 unspecified atom stereocenters. The van der Waals surface area contributed by atoms with E-state index >= 15 is 0 Å². The number of nitrogens with zero attached hydrogens (tertiary/aromatic N) is 1. The molecule has 2 aromatic carbocycles. The smallest absolute Gasteiger partial charge is 0.408 e. The van der Waals surface area contributed by atoms with Crippen molar-refractivity contribution < 1.29 is 24.2 Å². The summed E-state index contributed by atoms with van der Waals surface area (Å²) >= 11 is 0. The van der Waals surface area contributed by atoms with E-state index < -0.39 is 35.6 Å². The van der Waals surface area contributed by atoms with Crippen LogP contribution in [0.1, 0.15) is 63.8 Å². The molecule has 0 heterocycles. The molecule has 0 spiro atoms. The maximum atomic E-state index is 14.0. The van der Waals surface area contributed by atoms with Crippen LogP contribution in [0.2, 0.25) is 0 Å². The van der Waals surface area contributed by atoms with Crippen molar-refractivity contribution in [3.05, 3.63) is 71.8 Å². The van der Waals surface area contributed by atoms with Crippen LogP contribution < -0.4 is 10.6 Å². The van der Waals surface area contributed by atoms with Gasteiger partial charge in [0.05, 0.1) is 0 Å². The highest BCUT2D eigenvalue weighted by Gasteiger charge is 2.37. The fourth-order valence-electron chi connectivity index (χ4n) is 4.18.